The van der Waals surface area contributed by atoms with Gasteiger partial charge in [0, 0.05) is 5.75 Å². The Labute approximate surface area is 123 Å². The summed E-state index contributed by atoms with van der Waals surface area (Å²) in [6, 6.07) is -0.837. The summed E-state index contributed by atoms with van der Waals surface area (Å²) in [5, 5.41) is 2.46. The van der Waals surface area contributed by atoms with Crippen LogP contribution in [0.1, 0.15) is 41.5 Å². The highest BCUT2D eigenvalue weighted by atomic mass is 35.7. The first-order valence-electron chi connectivity index (χ1n) is 5.90. The summed E-state index contributed by atoms with van der Waals surface area (Å²) in [7, 11) is 6.47. The molecule has 0 heterocycles. The van der Waals surface area contributed by atoms with Crippen molar-refractivity contribution in [3.05, 3.63) is 0 Å². The van der Waals surface area contributed by atoms with Crippen molar-refractivity contribution in [3.63, 3.8) is 0 Å². The molecule has 1 unspecified atom stereocenters. The fourth-order valence-electron chi connectivity index (χ4n) is 1.05. The summed E-state index contributed by atoms with van der Waals surface area (Å²) in [4.78, 5) is 23.5. The Morgan fingerprint density at radius 2 is 1.58 bits per heavy atom. The third kappa shape index (κ3) is 9.90. The van der Waals surface area contributed by atoms with Crippen LogP contribution in [-0.4, -0.2) is 35.1 Å². The van der Waals surface area contributed by atoms with Crippen LogP contribution in [0.4, 0.5) is 4.79 Å². The van der Waals surface area contributed by atoms with Crippen LogP contribution in [0.25, 0.3) is 0 Å². The van der Waals surface area contributed by atoms with Crippen molar-refractivity contribution in [2.24, 2.45) is 0 Å². The highest BCUT2D eigenvalue weighted by molar-refractivity contribution is 8.21. The third-order valence-electron chi connectivity index (χ3n) is 1.61. The summed E-state index contributed by atoms with van der Waals surface area (Å²) in [5.41, 5.74) is -1.25. The number of hydrogen-bond donors (Lipinski definition) is 1. The van der Waals surface area contributed by atoms with E-state index in [-0.39, 0.29) is 5.75 Å². The van der Waals surface area contributed by atoms with Gasteiger partial charge in [-0.1, -0.05) is 11.0 Å². The van der Waals surface area contributed by atoms with Gasteiger partial charge >= 0.3 is 12.1 Å². The average molecular weight is 312 g/mol. The number of hydrogen-bond acceptors (Lipinski definition) is 5. The predicted molar refractivity (Wildman–Crippen MR) is 77.3 cm³/mol. The SMILES string of the molecule is CC(C)(C)OC(=O)NC(CSCl)C(=O)OC(C)(C)C. The maximum atomic E-state index is 11.9. The first-order chi connectivity index (χ1) is 8.44. The number of carbonyl (C=O) groups excluding carboxylic acids is 2. The van der Waals surface area contributed by atoms with Crippen LogP contribution in [0.2, 0.25) is 0 Å². The van der Waals surface area contributed by atoms with Gasteiger partial charge in [0.25, 0.3) is 0 Å². The number of carbonyl (C=O) groups is 2. The molecule has 0 aliphatic carbocycles. The Kier molecular flexibility index (Phi) is 7.00. The van der Waals surface area contributed by atoms with Gasteiger partial charge in [0.1, 0.15) is 17.2 Å². The van der Waals surface area contributed by atoms with Crippen molar-refractivity contribution < 1.29 is 19.1 Å². The molecule has 1 atom stereocenters. The second-order valence-corrected chi connectivity index (χ2v) is 7.21. The van der Waals surface area contributed by atoms with Crippen LogP contribution in [0, 0.1) is 0 Å². The molecule has 0 aromatic heterocycles. The van der Waals surface area contributed by atoms with Crippen LogP contribution in [0.15, 0.2) is 0 Å². The first kappa shape index (κ1) is 18.4. The fourth-order valence-corrected chi connectivity index (χ4v) is 1.78. The topological polar surface area (TPSA) is 64.6 Å². The zero-order valence-corrected chi connectivity index (χ0v) is 13.8. The van der Waals surface area contributed by atoms with Gasteiger partial charge in [0.15, 0.2) is 0 Å². The van der Waals surface area contributed by atoms with Gasteiger partial charge in [-0.2, -0.15) is 0 Å². The Morgan fingerprint density at radius 1 is 1.11 bits per heavy atom. The van der Waals surface area contributed by atoms with E-state index in [1.165, 1.54) is 0 Å². The number of nitrogens with one attached hydrogen (secondary N) is 1. The molecule has 1 amide bonds. The molecule has 0 aromatic carbocycles. The predicted octanol–water partition coefficient (Wildman–Crippen LogP) is 3.11. The van der Waals surface area contributed by atoms with Gasteiger partial charge in [-0.25, -0.2) is 9.59 Å². The van der Waals surface area contributed by atoms with Gasteiger partial charge < -0.3 is 14.8 Å². The molecular weight excluding hydrogens is 290 g/mol. The fraction of sp³-hybridized carbons (Fsp3) is 0.833. The van der Waals surface area contributed by atoms with Crippen molar-refractivity contribution >= 4 is 33.7 Å². The highest BCUT2D eigenvalue weighted by Crippen LogP contribution is 2.14. The maximum absolute atomic E-state index is 11.9. The summed E-state index contributed by atoms with van der Waals surface area (Å²) >= 11 is 0. The van der Waals surface area contributed by atoms with E-state index in [2.05, 4.69) is 5.32 Å². The summed E-state index contributed by atoms with van der Waals surface area (Å²) < 4.78 is 10.3. The highest BCUT2D eigenvalue weighted by Gasteiger charge is 2.28. The summed E-state index contributed by atoms with van der Waals surface area (Å²) in [6.45, 7) is 10.5. The molecule has 0 saturated carbocycles. The van der Waals surface area contributed by atoms with E-state index in [1.807, 2.05) is 0 Å². The molecule has 0 spiro atoms. The van der Waals surface area contributed by atoms with E-state index in [4.69, 9.17) is 20.2 Å². The van der Waals surface area contributed by atoms with E-state index >= 15 is 0 Å². The number of halogens is 1. The van der Waals surface area contributed by atoms with Crippen molar-refractivity contribution in [2.45, 2.75) is 58.8 Å². The van der Waals surface area contributed by atoms with Crippen molar-refractivity contribution in [3.8, 4) is 0 Å². The van der Waals surface area contributed by atoms with Crippen LogP contribution in [-0.2, 0) is 14.3 Å². The molecular formula is C12H22ClNO4S. The van der Waals surface area contributed by atoms with Gasteiger partial charge in [-0.15, -0.1) is 0 Å². The minimum Gasteiger partial charge on any atom is -0.458 e. The first-order valence-corrected chi connectivity index (χ1v) is 7.72. The molecule has 0 rings (SSSR count). The van der Waals surface area contributed by atoms with Crippen molar-refractivity contribution in [1.29, 1.82) is 0 Å². The molecule has 0 aliphatic heterocycles. The quantitative estimate of drug-likeness (QED) is 0.808. The molecule has 112 valence electrons. The number of alkyl carbamates (subject to hydrolysis) is 1. The van der Waals surface area contributed by atoms with Crippen LogP contribution >= 0.6 is 21.7 Å². The van der Waals surface area contributed by atoms with Gasteiger partial charge in [-0.05, 0) is 52.2 Å². The minimum atomic E-state index is -0.837. The molecule has 19 heavy (non-hydrogen) atoms. The summed E-state index contributed by atoms with van der Waals surface area (Å²) in [6.07, 6.45) is -0.672. The molecule has 7 heteroatoms. The maximum Gasteiger partial charge on any atom is 0.408 e. The number of esters is 1. The van der Waals surface area contributed by atoms with Gasteiger partial charge in [0.2, 0.25) is 0 Å². The second kappa shape index (κ2) is 7.24. The molecule has 1 N–H and O–H groups in total. The molecule has 0 saturated heterocycles. The largest absolute Gasteiger partial charge is 0.458 e. The molecule has 0 aliphatic rings. The molecule has 0 fully saturated rings. The van der Waals surface area contributed by atoms with E-state index in [0.717, 1.165) is 11.0 Å². The average Bonchev–Trinajstić information content (AvgIpc) is 2.10. The Balaban J connectivity index is 4.57. The molecule has 0 radical (unpaired) electrons. The Bertz CT molecular complexity index is 323. The third-order valence-corrected chi connectivity index (χ3v) is 2.45. The smallest absolute Gasteiger partial charge is 0.408 e. The lowest BCUT2D eigenvalue weighted by Gasteiger charge is -2.25. The minimum absolute atomic E-state index is 0.204. The van der Waals surface area contributed by atoms with Crippen molar-refractivity contribution in [2.75, 3.05) is 5.75 Å². The summed E-state index contributed by atoms with van der Waals surface area (Å²) in [5.74, 6) is -0.332. The lowest BCUT2D eigenvalue weighted by molar-refractivity contribution is -0.156. The van der Waals surface area contributed by atoms with Gasteiger partial charge in [0.05, 0.1) is 0 Å². The Hall–Kier alpha value is -0.620. The molecule has 5 nitrogen and oxygen atoms in total. The van der Waals surface area contributed by atoms with Crippen LogP contribution < -0.4 is 5.32 Å². The van der Waals surface area contributed by atoms with E-state index in [1.54, 1.807) is 41.5 Å². The lowest BCUT2D eigenvalue weighted by Crippen LogP contribution is -2.47. The molecule has 0 aromatic rings. The van der Waals surface area contributed by atoms with E-state index in [0.29, 0.717) is 0 Å². The second-order valence-electron chi connectivity index (χ2n) is 6.01. The zero-order valence-electron chi connectivity index (χ0n) is 12.2. The van der Waals surface area contributed by atoms with Crippen LogP contribution in [0.3, 0.4) is 0 Å². The van der Waals surface area contributed by atoms with E-state index < -0.39 is 29.3 Å². The van der Waals surface area contributed by atoms with Crippen LogP contribution in [0.5, 0.6) is 0 Å². The zero-order chi connectivity index (χ0) is 15.3. The number of rotatable bonds is 4. The van der Waals surface area contributed by atoms with Crippen molar-refractivity contribution in [1.82, 2.24) is 5.32 Å². The van der Waals surface area contributed by atoms with E-state index in [9.17, 15) is 9.59 Å². The molecule has 0 bridgehead atoms. The lowest BCUT2D eigenvalue weighted by atomic mass is 10.2. The van der Waals surface area contributed by atoms with Gasteiger partial charge in [-0.3, -0.25) is 0 Å². The normalized spacial score (nSPS) is 13.6. The monoisotopic (exact) mass is 311 g/mol. The number of amides is 1. The standard InChI is InChI=1S/C12H22ClNO4S/c1-11(2,3)17-9(15)8(7-19-13)14-10(16)18-12(4,5)6/h8H,7H2,1-6H3,(H,14,16). The Morgan fingerprint density at radius 3 is 1.95 bits per heavy atom. The number of ether oxygens (including phenoxy) is 2.